The van der Waals surface area contributed by atoms with Crippen LogP contribution in [-0.4, -0.2) is 51.5 Å². The highest BCUT2D eigenvalue weighted by Gasteiger charge is 2.25. The topological polar surface area (TPSA) is 59.7 Å². The molecule has 1 fully saturated rings. The van der Waals surface area contributed by atoms with Gasteiger partial charge in [-0.2, -0.15) is 0 Å². The zero-order valence-electron chi connectivity index (χ0n) is 14.8. The van der Waals surface area contributed by atoms with Crippen LogP contribution in [0.15, 0.2) is 49.1 Å². The Labute approximate surface area is 152 Å². The van der Waals surface area contributed by atoms with Gasteiger partial charge in [-0.15, -0.1) is 0 Å². The molecule has 0 radical (unpaired) electrons. The van der Waals surface area contributed by atoms with E-state index in [2.05, 4.69) is 20.4 Å². The third kappa shape index (κ3) is 3.32. The fourth-order valence-electron chi connectivity index (χ4n) is 3.53. The molecule has 6 nitrogen and oxygen atoms in total. The Morgan fingerprint density at radius 1 is 1.23 bits per heavy atom. The fraction of sp³-hybridized carbons (Fsp3) is 0.350. The maximum atomic E-state index is 13.0. The van der Waals surface area contributed by atoms with Crippen molar-refractivity contribution in [2.24, 2.45) is 5.92 Å². The van der Waals surface area contributed by atoms with Crippen LogP contribution in [0.3, 0.4) is 0 Å². The van der Waals surface area contributed by atoms with Crippen molar-refractivity contribution in [1.82, 2.24) is 19.3 Å². The van der Waals surface area contributed by atoms with Crippen molar-refractivity contribution in [3.05, 3.63) is 66.0 Å². The van der Waals surface area contributed by atoms with E-state index in [0.29, 0.717) is 31.9 Å². The van der Waals surface area contributed by atoms with Gasteiger partial charge in [0, 0.05) is 49.5 Å². The van der Waals surface area contributed by atoms with Crippen LogP contribution < -0.4 is 0 Å². The number of amides is 1. The molecule has 0 spiro atoms. The molecule has 3 aromatic rings. The minimum atomic E-state index is 0.0277. The Kier molecular flexibility index (Phi) is 4.67. The molecule has 1 amide bonds. The van der Waals surface area contributed by atoms with Gasteiger partial charge in [0.2, 0.25) is 0 Å². The quantitative estimate of drug-likeness (QED) is 0.728. The van der Waals surface area contributed by atoms with Crippen LogP contribution in [-0.2, 0) is 11.2 Å². The monoisotopic (exact) mass is 350 g/mol. The van der Waals surface area contributed by atoms with Crippen LogP contribution in [0.25, 0.3) is 5.52 Å². The number of aryl methyl sites for hydroxylation is 1. The number of rotatable bonds is 3. The van der Waals surface area contributed by atoms with E-state index in [9.17, 15) is 4.79 Å². The summed E-state index contributed by atoms with van der Waals surface area (Å²) in [7, 11) is 0. The first kappa shape index (κ1) is 16.7. The van der Waals surface area contributed by atoms with Gasteiger partial charge in [-0.3, -0.25) is 14.8 Å². The van der Waals surface area contributed by atoms with Crippen molar-refractivity contribution in [1.29, 1.82) is 0 Å². The lowest BCUT2D eigenvalue weighted by Crippen LogP contribution is -2.37. The number of fused-ring (bicyclic) bond motifs is 1. The van der Waals surface area contributed by atoms with Gasteiger partial charge in [-0.1, -0.05) is 0 Å². The molecule has 4 rings (SSSR count). The highest BCUT2D eigenvalue weighted by Crippen LogP contribution is 2.18. The van der Waals surface area contributed by atoms with Crippen LogP contribution in [0.1, 0.15) is 21.7 Å². The second kappa shape index (κ2) is 7.25. The van der Waals surface area contributed by atoms with E-state index < -0.39 is 0 Å². The minimum Gasteiger partial charge on any atom is -0.379 e. The van der Waals surface area contributed by atoms with Gasteiger partial charge in [0.25, 0.3) is 5.91 Å². The summed E-state index contributed by atoms with van der Waals surface area (Å²) in [4.78, 5) is 23.6. The average Bonchev–Trinajstić information content (AvgIpc) is 3.02. The average molecular weight is 350 g/mol. The summed E-state index contributed by atoms with van der Waals surface area (Å²) in [6.45, 7) is 4.34. The van der Waals surface area contributed by atoms with E-state index in [1.807, 2.05) is 48.6 Å². The number of hydrogen-bond acceptors (Lipinski definition) is 4. The van der Waals surface area contributed by atoms with Gasteiger partial charge >= 0.3 is 0 Å². The zero-order valence-corrected chi connectivity index (χ0v) is 14.8. The number of aromatic nitrogens is 3. The summed E-state index contributed by atoms with van der Waals surface area (Å²) in [5.74, 6) is 0.243. The maximum absolute atomic E-state index is 13.0. The van der Waals surface area contributed by atoms with Gasteiger partial charge < -0.3 is 14.0 Å². The summed E-state index contributed by atoms with van der Waals surface area (Å²) >= 11 is 0. The van der Waals surface area contributed by atoms with Crippen molar-refractivity contribution in [2.75, 3.05) is 26.3 Å². The Balaban J connectivity index is 1.54. The molecule has 3 aromatic heterocycles. The largest absolute Gasteiger partial charge is 0.379 e. The molecule has 0 aliphatic carbocycles. The van der Waals surface area contributed by atoms with Crippen molar-refractivity contribution >= 4 is 11.4 Å². The number of ether oxygens (including phenoxy) is 1. The molecule has 0 bridgehead atoms. The third-order valence-electron chi connectivity index (χ3n) is 4.88. The van der Waals surface area contributed by atoms with E-state index in [-0.39, 0.29) is 11.8 Å². The molecule has 1 atom stereocenters. The molecule has 4 heterocycles. The van der Waals surface area contributed by atoms with Crippen molar-refractivity contribution in [3.8, 4) is 0 Å². The van der Waals surface area contributed by atoms with Crippen LogP contribution in [0.5, 0.6) is 0 Å². The molecule has 6 heteroatoms. The highest BCUT2D eigenvalue weighted by molar-refractivity contribution is 5.95. The van der Waals surface area contributed by atoms with Gasteiger partial charge in [0.1, 0.15) is 0 Å². The second-order valence-electron chi connectivity index (χ2n) is 6.71. The highest BCUT2D eigenvalue weighted by atomic mass is 16.5. The van der Waals surface area contributed by atoms with Crippen molar-refractivity contribution in [2.45, 2.75) is 13.3 Å². The molecule has 134 valence electrons. The predicted molar refractivity (Wildman–Crippen MR) is 98.1 cm³/mol. The Bertz CT molecular complexity index is 921. The SMILES string of the molecule is Cc1ncccc1C(=O)N1CCOC[C@H](Cc2nccn3cccc23)C1. The normalized spacial score (nSPS) is 18.0. The van der Waals surface area contributed by atoms with Crippen LogP contribution in [0, 0.1) is 12.8 Å². The first-order valence-corrected chi connectivity index (χ1v) is 8.91. The maximum Gasteiger partial charge on any atom is 0.255 e. The Hall–Kier alpha value is -2.73. The van der Waals surface area contributed by atoms with E-state index in [0.717, 1.165) is 23.3 Å². The van der Waals surface area contributed by atoms with Crippen LogP contribution in [0.2, 0.25) is 0 Å². The van der Waals surface area contributed by atoms with E-state index >= 15 is 0 Å². The van der Waals surface area contributed by atoms with Crippen molar-refractivity contribution < 1.29 is 9.53 Å². The molecule has 1 saturated heterocycles. The van der Waals surface area contributed by atoms with E-state index in [4.69, 9.17) is 4.74 Å². The number of pyridine rings is 1. The predicted octanol–water partition coefficient (Wildman–Crippen LogP) is 2.37. The van der Waals surface area contributed by atoms with Crippen LogP contribution >= 0.6 is 0 Å². The molecule has 1 aliphatic rings. The molecule has 26 heavy (non-hydrogen) atoms. The third-order valence-corrected chi connectivity index (χ3v) is 4.88. The second-order valence-corrected chi connectivity index (χ2v) is 6.71. The molecule has 1 aliphatic heterocycles. The van der Waals surface area contributed by atoms with E-state index in [1.165, 1.54) is 0 Å². The van der Waals surface area contributed by atoms with Gasteiger partial charge in [-0.25, -0.2) is 0 Å². The van der Waals surface area contributed by atoms with E-state index in [1.54, 1.807) is 6.20 Å². The summed E-state index contributed by atoms with van der Waals surface area (Å²) in [6.07, 6.45) is 8.28. The number of hydrogen-bond donors (Lipinski definition) is 0. The summed E-state index contributed by atoms with van der Waals surface area (Å²) in [5.41, 5.74) is 3.58. The van der Waals surface area contributed by atoms with Gasteiger partial charge in [0.15, 0.2) is 0 Å². The first-order valence-electron chi connectivity index (χ1n) is 8.91. The molecule has 0 unspecified atom stereocenters. The lowest BCUT2D eigenvalue weighted by atomic mass is 10.0. The first-order chi connectivity index (χ1) is 12.7. The summed E-state index contributed by atoms with van der Waals surface area (Å²) in [5, 5.41) is 0. The molecule has 0 saturated carbocycles. The zero-order chi connectivity index (χ0) is 17.9. The Morgan fingerprint density at radius 2 is 2.15 bits per heavy atom. The van der Waals surface area contributed by atoms with Gasteiger partial charge in [-0.05, 0) is 37.6 Å². The number of nitrogens with zero attached hydrogens (tertiary/aromatic N) is 4. The minimum absolute atomic E-state index is 0.0277. The standard InChI is InChI=1S/C20H22N4O2/c1-15-17(4-2-6-21-15)20(25)24-10-11-26-14-16(13-24)12-18-19-5-3-8-23(19)9-7-22-18/h2-9,16H,10-14H2,1H3/t16-/m1/s1. The lowest BCUT2D eigenvalue weighted by molar-refractivity contribution is 0.0736. The molecular formula is C20H22N4O2. The molecule has 0 N–H and O–H groups in total. The number of carbonyl (C=O) groups is 1. The summed E-state index contributed by atoms with van der Waals surface area (Å²) < 4.78 is 7.85. The van der Waals surface area contributed by atoms with Crippen LogP contribution in [0.4, 0.5) is 0 Å². The smallest absolute Gasteiger partial charge is 0.255 e. The summed E-state index contributed by atoms with van der Waals surface area (Å²) in [6, 6.07) is 7.74. The number of carbonyl (C=O) groups excluding carboxylic acids is 1. The molecular weight excluding hydrogens is 328 g/mol. The Morgan fingerprint density at radius 3 is 3.04 bits per heavy atom. The van der Waals surface area contributed by atoms with Crippen molar-refractivity contribution in [3.63, 3.8) is 0 Å². The lowest BCUT2D eigenvalue weighted by Gasteiger charge is -2.24. The fourth-order valence-corrected chi connectivity index (χ4v) is 3.53. The molecule has 0 aromatic carbocycles. The van der Waals surface area contributed by atoms with Gasteiger partial charge in [0.05, 0.1) is 30.0 Å².